The molecule has 2 aromatic carbocycles. The summed E-state index contributed by atoms with van der Waals surface area (Å²) in [6.07, 6.45) is 2.19. The Bertz CT molecular complexity index is 636. The highest BCUT2D eigenvalue weighted by atomic mass is 16.5. The predicted molar refractivity (Wildman–Crippen MR) is 88.5 cm³/mol. The highest BCUT2D eigenvalue weighted by molar-refractivity contribution is 5.92. The van der Waals surface area contributed by atoms with E-state index in [-0.39, 0.29) is 18.7 Å². The summed E-state index contributed by atoms with van der Waals surface area (Å²) in [6.45, 7) is 2.10. The van der Waals surface area contributed by atoms with Crippen LogP contribution in [0, 0.1) is 0 Å². The van der Waals surface area contributed by atoms with Gasteiger partial charge in [-0.15, -0.1) is 0 Å². The van der Waals surface area contributed by atoms with Crippen molar-refractivity contribution in [3.8, 4) is 5.75 Å². The summed E-state index contributed by atoms with van der Waals surface area (Å²) in [5.74, 6) is 0.243. The first kappa shape index (κ1) is 15.6. The Hall–Kier alpha value is -2.33. The molecule has 4 nitrogen and oxygen atoms in total. The fraction of sp³-hybridized carbons (Fsp3) is 0.316. The van der Waals surface area contributed by atoms with Crippen molar-refractivity contribution in [2.75, 3.05) is 13.1 Å². The van der Waals surface area contributed by atoms with E-state index in [4.69, 9.17) is 9.47 Å². The largest absolute Gasteiger partial charge is 0.488 e. The van der Waals surface area contributed by atoms with Gasteiger partial charge in [0.05, 0.1) is 0 Å². The monoisotopic (exact) mass is 311 g/mol. The van der Waals surface area contributed by atoms with Crippen molar-refractivity contribution in [1.29, 1.82) is 0 Å². The molecule has 1 fully saturated rings. The van der Waals surface area contributed by atoms with Gasteiger partial charge in [-0.1, -0.05) is 42.5 Å². The van der Waals surface area contributed by atoms with Crippen LogP contribution in [0.2, 0.25) is 0 Å². The molecule has 0 spiro atoms. The number of hydrogen-bond donors (Lipinski definition) is 1. The SMILES string of the molecule is O=C(OCc1ccccc1)c1ccccc1O[C@H]1CCCNC1. The van der Waals surface area contributed by atoms with Crippen LogP contribution in [0.15, 0.2) is 54.6 Å². The number of carbonyl (C=O) groups is 1. The Kier molecular flexibility index (Phi) is 5.27. The van der Waals surface area contributed by atoms with E-state index < -0.39 is 0 Å². The van der Waals surface area contributed by atoms with Gasteiger partial charge in [-0.3, -0.25) is 0 Å². The summed E-state index contributed by atoms with van der Waals surface area (Å²) in [5.41, 5.74) is 1.45. The Labute approximate surface area is 136 Å². The minimum Gasteiger partial charge on any atom is -0.488 e. The maximum atomic E-state index is 12.4. The average Bonchev–Trinajstić information content (AvgIpc) is 2.62. The summed E-state index contributed by atoms with van der Waals surface area (Å²) in [7, 11) is 0. The maximum Gasteiger partial charge on any atom is 0.342 e. The first-order valence-electron chi connectivity index (χ1n) is 8.00. The predicted octanol–water partition coefficient (Wildman–Crippen LogP) is 3.17. The second-order valence-corrected chi connectivity index (χ2v) is 5.64. The third-order valence-corrected chi connectivity index (χ3v) is 3.87. The molecule has 1 heterocycles. The van der Waals surface area contributed by atoms with Crippen molar-refractivity contribution < 1.29 is 14.3 Å². The minimum atomic E-state index is -0.353. The Morgan fingerprint density at radius 2 is 1.87 bits per heavy atom. The zero-order valence-electron chi connectivity index (χ0n) is 13.0. The van der Waals surface area contributed by atoms with Gasteiger partial charge in [-0.05, 0) is 37.1 Å². The molecule has 0 bridgehead atoms. The van der Waals surface area contributed by atoms with Crippen LogP contribution < -0.4 is 10.1 Å². The molecule has 1 atom stereocenters. The van der Waals surface area contributed by atoms with Crippen molar-refractivity contribution in [2.24, 2.45) is 0 Å². The van der Waals surface area contributed by atoms with Crippen molar-refractivity contribution in [3.63, 3.8) is 0 Å². The zero-order valence-corrected chi connectivity index (χ0v) is 13.0. The standard InChI is InChI=1S/C19H21NO3/c21-19(22-14-15-7-2-1-3-8-15)17-10-4-5-11-18(17)23-16-9-6-12-20-13-16/h1-5,7-8,10-11,16,20H,6,9,12-14H2/t16-/m0/s1. The Balaban J connectivity index is 1.65. The van der Waals surface area contributed by atoms with Crippen LogP contribution in [0.5, 0.6) is 5.75 Å². The van der Waals surface area contributed by atoms with Crippen LogP contribution >= 0.6 is 0 Å². The molecular weight excluding hydrogens is 290 g/mol. The first-order valence-corrected chi connectivity index (χ1v) is 8.00. The third-order valence-electron chi connectivity index (χ3n) is 3.87. The highest BCUT2D eigenvalue weighted by Crippen LogP contribution is 2.22. The van der Waals surface area contributed by atoms with Crippen molar-refractivity contribution in [1.82, 2.24) is 5.32 Å². The summed E-state index contributed by atoms with van der Waals surface area (Å²) in [6, 6.07) is 16.9. The van der Waals surface area contributed by atoms with Gasteiger partial charge in [0.1, 0.15) is 24.0 Å². The number of rotatable bonds is 5. The maximum absolute atomic E-state index is 12.4. The van der Waals surface area contributed by atoms with Crippen LogP contribution in [0.3, 0.4) is 0 Å². The van der Waals surface area contributed by atoms with Crippen molar-refractivity contribution in [2.45, 2.75) is 25.6 Å². The van der Waals surface area contributed by atoms with Crippen LogP contribution in [-0.4, -0.2) is 25.2 Å². The summed E-state index contributed by atoms with van der Waals surface area (Å²) >= 11 is 0. The normalized spacial score (nSPS) is 17.5. The summed E-state index contributed by atoms with van der Waals surface area (Å²) in [4.78, 5) is 12.4. The zero-order chi connectivity index (χ0) is 15.9. The summed E-state index contributed by atoms with van der Waals surface area (Å²) < 4.78 is 11.4. The van der Waals surface area contributed by atoms with Crippen LogP contribution in [0.25, 0.3) is 0 Å². The van der Waals surface area contributed by atoms with Gasteiger partial charge in [0.2, 0.25) is 0 Å². The van der Waals surface area contributed by atoms with Crippen molar-refractivity contribution >= 4 is 5.97 Å². The van der Waals surface area contributed by atoms with E-state index in [1.807, 2.05) is 48.5 Å². The van der Waals surface area contributed by atoms with E-state index in [1.54, 1.807) is 6.07 Å². The van der Waals surface area contributed by atoms with E-state index in [9.17, 15) is 4.79 Å². The highest BCUT2D eigenvalue weighted by Gasteiger charge is 2.19. The molecule has 1 saturated heterocycles. The van der Waals surface area contributed by atoms with Gasteiger partial charge in [0, 0.05) is 6.54 Å². The molecule has 4 heteroatoms. The van der Waals surface area contributed by atoms with E-state index >= 15 is 0 Å². The van der Waals surface area contributed by atoms with Crippen LogP contribution in [0.4, 0.5) is 0 Å². The molecular formula is C19H21NO3. The van der Waals surface area contributed by atoms with Gasteiger partial charge in [0.15, 0.2) is 0 Å². The summed E-state index contributed by atoms with van der Waals surface area (Å²) in [5, 5.41) is 3.31. The lowest BCUT2D eigenvalue weighted by atomic mass is 10.1. The Morgan fingerprint density at radius 1 is 1.09 bits per heavy atom. The van der Waals surface area contributed by atoms with Gasteiger partial charge < -0.3 is 14.8 Å². The fourth-order valence-electron chi connectivity index (χ4n) is 2.64. The molecule has 0 saturated carbocycles. The number of para-hydroxylation sites is 1. The number of ether oxygens (including phenoxy) is 2. The Morgan fingerprint density at radius 3 is 2.65 bits per heavy atom. The number of carbonyl (C=O) groups excluding carboxylic acids is 1. The second-order valence-electron chi connectivity index (χ2n) is 5.64. The molecule has 23 heavy (non-hydrogen) atoms. The van der Waals surface area contributed by atoms with Crippen LogP contribution in [-0.2, 0) is 11.3 Å². The van der Waals surface area contributed by atoms with E-state index in [0.29, 0.717) is 11.3 Å². The lowest BCUT2D eigenvalue weighted by Gasteiger charge is -2.24. The quantitative estimate of drug-likeness (QED) is 0.862. The number of piperidine rings is 1. The number of hydrogen-bond acceptors (Lipinski definition) is 4. The molecule has 2 aromatic rings. The van der Waals surface area contributed by atoms with Gasteiger partial charge in [0.25, 0.3) is 0 Å². The lowest BCUT2D eigenvalue weighted by molar-refractivity contribution is 0.0464. The van der Waals surface area contributed by atoms with Crippen LogP contribution in [0.1, 0.15) is 28.8 Å². The van der Waals surface area contributed by atoms with Crippen molar-refractivity contribution in [3.05, 3.63) is 65.7 Å². The average molecular weight is 311 g/mol. The molecule has 3 rings (SSSR count). The minimum absolute atomic E-state index is 0.104. The smallest absolute Gasteiger partial charge is 0.342 e. The second kappa shape index (κ2) is 7.79. The molecule has 120 valence electrons. The molecule has 0 radical (unpaired) electrons. The van der Waals surface area contributed by atoms with E-state index in [1.165, 1.54) is 0 Å². The third kappa shape index (κ3) is 4.33. The fourth-order valence-corrected chi connectivity index (χ4v) is 2.64. The molecule has 0 unspecified atom stereocenters. The molecule has 1 aliphatic rings. The molecule has 0 aromatic heterocycles. The van der Waals surface area contributed by atoms with E-state index in [0.717, 1.165) is 31.5 Å². The number of nitrogens with one attached hydrogen (secondary N) is 1. The molecule has 1 N–H and O–H groups in total. The molecule has 1 aliphatic heterocycles. The van der Waals surface area contributed by atoms with Gasteiger partial charge in [-0.2, -0.15) is 0 Å². The lowest BCUT2D eigenvalue weighted by Crippen LogP contribution is -2.37. The van der Waals surface area contributed by atoms with E-state index in [2.05, 4.69) is 5.32 Å². The number of esters is 1. The molecule has 0 aliphatic carbocycles. The van der Waals surface area contributed by atoms with Gasteiger partial charge >= 0.3 is 5.97 Å². The topological polar surface area (TPSA) is 47.6 Å². The van der Waals surface area contributed by atoms with Gasteiger partial charge in [-0.25, -0.2) is 4.79 Å². The molecule has 0 amide bonds. The first-order chi connectivity index (χ1) is 11.3. The number of benzene rings is 2.